The minimum atomic E-state index is -0.509. The number of ether oxygens (including phenoxy) is 1. The summed E-state index contributed by atoms with van der Waals surface area (Å²) in [6.45, 7) is 1.74. The molecule has 100 valence electrons. The molecule has 0 saturated heterocycles. The van der Waals surface area contributed by atoms with Crippen molar-refractivity contribution in [1.29, 1.82) is 0 Å². The van der Waals surface area contributed by atoms with Gasteiger partial charge in [0.25, 0.3) is 0 Å². The lowest BCUT2D eigenvalue weighted by atomic mass is 10.1. The van der Waals surface area contributed by atoms with E-state index in [9.17, 15) is 10.1 Å². The molecule has 2 rings (SSSR count). The van der Waals surface area contributed by atoms with Crippen LogP contribution in [0.3, 0.4) is 0 Å². The van der Waals surface area contributed by atoms with Crippen LogP contribution in [0.4, 0.5) is 5.69 Å². The van der Waals surface area contributed by atoms with E-state index in [-0.39, 0.29) is 17.5 Å². The quantitative estimate of drug-likeness (QED) is 0.670. The van der Waals surface area contributed by atoms with E-state index in [1.165, 1.54) is 25.4 Å². The summed E-state index contributed by atoms with van der Waals surface area (Å²) in [4.78, 5) is 14.4. The van der Waals surface area contributed by atoms with Crippen LogP contribution in [-0.2, 0) is 0 Å². The zero-order chi connectivity index (χ0) is 14.0. The second-order valence-electron chi connectivity index (χ2n) is 4.00. The molecule has 0 bridgehead atoms. The van der Waals surface area contributed by atoms with Crippen molar-refractivity contribution in [2.45, 2.75) is 13.0 Å². The molecule has 0 amide bonds. The molecule has 1 aromatic carbocycles. The van der Waals surface area contributed by atoms with Crippen LogP contribution in [0.1, 0.15) is 18.9 Å². The van der Waals surface area contributed by atoms with Crippen LogP contribution in [0.25, 0.3) is 11.3 Å². The van der Waals surface area contributed by atoms with E-state index in [0.717, 1.165) is 0 Å². The van der Waals surface area contributed by atoms with Crippen LogP contribution >= 0.6 is 0 Å². The summed E-state index contributed by atoms with van der Waals surface area (Å²) in [7, 11) is 1.38. The fourth-order valence-electron chi connectivity index (χ4n) is 1.62. The Balaban J connectivity index is 2.44. The summed E-state index contributed by atoms with van der Waals surface area (Å²) < 4.78 is 10.4. The molecular formula is C12H13N3O4. The summed E-state index contributed by atoms with van der Waals surface area (Å²) >= 11 is 0. The van der Waals surface area contributed by atoms with Crippen molar-refractivity contribution < 1.29 is 14.1 Å². The van der Waals surface area contributed by atoms with Gasteiger partial charge in [0.05, 0.1) is 24.3 Å². The molecule has 0 aliphatic rings. The van der Waals surface area contributed by atoms with Crippen LogP contribution in [0.5, 0.6) is 5.75 Å². The molecule has 0 radical (unpaired) electrons. The number of oxazole rings is 1. The molecule has 0 spiro atoms. The number of nitrogens with zero attached hydrogens (tertiary/aromatic N) is 2. The predicted octanol–water partition coefficient (Wildman–Crippen LogP) is 2.28. The third-order valence-corrected chi connectivity index (χ3v) is 2.57. The van der Waals surface area contributed by atoms with Crippen LogP contribution < -0.4 is 10.5 Å². The number of nitro benzene ring substituents is 1. The van der Waals surface area contributed by atoms with Crippen molar-refractivity contribution in [3.63, 3.8) is 0 Å². The van der Waals surface area contributed by atoms with E-state index in [4.69, 9.17) is 14.9 Å². The number of rotatable bonds is 4. The van der Waals surface area contributed by atoms with Gasteiger partial charge in [0, 0.05) is 11.6 Å². The van der Waals surface area contributed by atoms with Gasteiger partial charge in [-0.15, -0.1) is 0 Å². The Labute approximate surface area is 109 Å². The molecule has 19 heavy (non-hydrogen) atoms. The SMILES string of the molecule is COc1ccc(-c2cnc(C(C)N)o2)cc1[N+](=O)[O-]. The Morgan fingerprint density at radius 2 is 2.26 bits per heavy atom. The molecule has 1 unspecified atom stereocenters. The van der Waals surface area contributed by atoms with Crippen LogP contribution in [0.15, 0.2) is 28.8 Å². The van der Waals surface area contributed by atoms with Gasteiger partial charge in [0.1, 0.15) is 0 Å². The van der Waals surface area contributed by atoms with E-state index < -0.39 is 4.92 Å². The molecule has 1 heterocycles. The first-order chi connectivity index (χ1) is 9.02. The van der Waals surface area contributed by atoms with E-state index in [2.05, 4.69) is 4.98 Å². The number of hydrogen-bond donors (Lipinski definition) is 1. The van der Waals surface area contributed by atoms with Crippen molar-refractivity contribution in [1.82, 2.24) is 4.98 Å². The molecule has 7 nitrogen and oxygen atoms in total. The highest BCUT2D eigenvalue weighted by molar-refractivity contribution is 5.64. The number of nitro groups is 1. The molecule has 0 fully saturated rings. The van der Waals surface area contributed by atoms with Gasteiger partial charge in [-0.25, -0.2) is 4.98 Å². The normalized spacial score (nSPS) is 12.2. The topological polar surface area (TPSA) is 104 Å². The lowest BCUT2D eigenvalue weighted by Gasteiger charge is -2.03. The van der Waals surface area contributed by atoms with Crippen molar-refractivity contribution in [2.75, 3.05) is 7.11 Å². The smallest absolute Gasteiger partial charge is 0.311 e. The molecule has 1 aromatic heterocycles. The average molecular weight is 263 g/mol. The Kier molecular flexibility index (Phi) is 3.48. The Hall–Kier alpha value is -2.41. The zero-order valence-corrected chi connectivity index (χ0v) is 10.5. The minimum absolute atomic E-state index is 0.126. The summed E-state index contributed by atoms with van der Waals surface area (Å²) in [5.74, 6) is 1.01. The largest absolute Gasteiger partial charge is 0.490 e. The maximum atomic E-state index is 10.9. The number of benzene rings is 1. The van der Waals surface area contributed by atoms with Gasteiger partial charge < -0.3 is 14.9 Å². The first-order valence-electron chi connectivity index (χ1n) is 5.57. The molecule has 1 atom stereocenters. The third-order valence-electron chi connectivity index (χ3n) is 2.57. The molecule has 0 aliphatic carbocycles. The highest BCUT2D eigenvalue weighted by atomic mass is 16.6. The first kappa shape index (κ1) is 13.0. The molecule has 0 saturated carbocycles. The van der Waals surface area contributed by atoms with Crippen LogP contribution in [-0.4, -0.2) is 17.0 Å². The Morgan fingerprint density at radius 3 is 2.79 bits per heavy atom. The van der Waals surface area contributed by atoms with E-state index in [0.29, 0.717) is 17.2 Å². The van der Waals surface area contributed by atoms with Crippen molar-refractivity contribution in [3.8, 4) is 17.1 Å². The minimum Gasteiger partial charge on any atom is -0.490 e. The molecule has 0 aliphatic heterocycles. The number of hydrogen-bond acceptors (Lipinski definition) is 6. The van der Waals surface area contributed by atoms with Crippen LogP contribution in [0.2, 0.25) is 0 Å². The van der Waals surface area contributed by atoms with Gasteiger partial charge in [0.2, 0.25) is 5.89 Å². The van der Waals surface area contributed by atoms with Gasteiger partial charge in [-0.3, -0.25) is 10.1 Å². The lowest BCUT2D eigenvalue weighted by molar-refractivity contribution is -0.385. The van der Waals surface area contributed by atoms with Crippen molar-refractivity contribution in [2.24, 2.45) is 5.73 Å². The molecule has 7 heteroatoms. The second kappa shape index (κ2) is 5.07. The Morgan fingerprint density at radius 1 is 1.53 bits per heavy atom. The summed E-state index contributed by atoms with van der Waals surface area (Å²) in [5, 5.41) is 10.9. The number of nitrogens with two attached hydrogens (primary N) is 1. The molecular weight excluding hydrogens is 250 g/mol. The average Bonchev–Trinajstić information content (AvgIpc) is 2.87. The number of methoxy groups -OCH3 is 1. The fraction of sp³-hybridized carbons (Fsp3) is 0.250. The Bertz CT molecular complexity index is 607. The highest BCUT2D eigenvalue weighted by Gasteiger charge is 2.18. The predicted molar refractivity (Wildman–Crippen MR) is 67.7 cm³/mol. The summed E-state index contributed by atoms with van der Waals surface area (Å²) in [6, 6.07) is 4.23. The second-order valence-corrected chi connectivity index (χ2v) is 4.00. The summed E-state index contributed by atoms with van der Waals surface area (Å²) in [6.07, 6.45) is 1.49. The van der Waals surface area contributed by atoms with Gasteiger partial charge >= 0.3 is 5.69 Å². The highest BCUT2D eigenvalue weighted by Crippen LogP contribution is 2.32. The number of aromatic nitrogens is 1. The van der Waals surface area contributed by atoms with E-state index >= 15 is 0 Å². The standard InChI is InChI=1S/C12H13N3O4/c1-7(13)12-14-6-11(19-12)8-3-4-10(18-2)9(5-8)15(16)17/h3-7H,13H2,1-2H3. The van der Waals surface area contributed by atoms with Gasteiger partial charge in [-0.1, -0.05) is 0 Å². The van der Waals surface area contributed by atoms with E-state index in [1.807, 2.05) is 0 Å². The maximum Gasteiger partial charge on any atom is 0.311 e. The van der Waals surface area contributed by atoms with E-state index in [1.54, 1.807) is 13.0 Å². The van der Waals surface area contributed by atoms with Gasteiger partial charge in [-0.2, -0.15) is 0 Å². The molecule has 2 N–H and O–H groups in total. The molecule has 2 aromatic rings. The van der Waals surface area contributed by atoms with Crippen molar-refractivity contribution >= 4 is 5.69 Å². The monoisotopic (exact) mass is 263 g/mol. The summed E-state index contributed by atoms with van der Waals surface area (Å²) in [5.41, 5.74) is 6.07. The van der Waals surface area contributed by atoms with Crippen molar-refractivity contribution in [3.05, 3.63) is 40.4 Å². The zero-order valence-electron chi connectivity index (χ0n) is 10.5. The first-order valence-corrected chi connectivity index (χ1v) is 5.57. The maximum absolute atomic E-state index is 10.9. The van der Waals surface area contributed by atoms with Crippen LogP contribution in [0, 0.1) is 10.1 Å². The fourth-order valence-corrected chi connectivity index (χ4v) is 1.62. The van der Waals surface area contributed by atoms with Gasteiger partial charge in [0.15, 0.2) is 11.5 Å². The lowest BCUT2D eigenvalue weighted by Crippen LogP contribution is -2.04. The van der Waals surface area contributed by atoms with Gasteiger partial charge in [-0.05, 0) is 19.1 Å². The third kappa shape index (κ3) is 2.55.